The Morgan fingerprint density at radius 2 is 1.52 bits per heavy atom. The topological polar surface area (TPSA) is 3.24 Å². The number of nitrogens with zero attached hydrogens (tertiary/aromatic N) is 1. The van der Waals surface area contributed by atoms with E-state index in [4.69, 9.17) is 0 Å². The summed E-state index contributed by atoms with van der Waals surface area (Å²) in [6.07, 6.45) is 5.94. The van der Waals surface area contributed by atoms with Crippen molar-refractivity contribution in [2.24, 2.45) is 0 Å². The third-order valence-corrected chi connectivity index (χ3v) is 5.20. The molecule has 1 aliphatic carbocycles. The van der Waals surface area contributed by atoms with Gasteiger partial charge in [0.05, 0.1) is 0 Å². The second kappa shape index (κ2) is 8.62. The Morgan fingerprint density at radius 1 is 0.840 bits per heavy atom. The van der Waals surface area contributed by atoms with Crippen molar-refractivity contribution < 1.29 is 4.39 Å². The molecule has 25 heavy (non-hydrogen) atoms. The van der Waals surface area contributed by atoms with Crippen LogP contribution >= 0.6 is 0 Å². The van der Waals surface area contributed by atoms with Crippen LogP contribution in [0.25, 0.3) is 0 Å². The number of rotatable bonds is 10. The van der Waals surface area contributed by atoms with Gasteiger partial charge in [0.15, 0.2) is 0 Å². The molecule has 0 spiro atoms. The average molecular weight is 339 g/mol. The Morgan fingerprint density at radius 3 is 2.16 bits per heavy atom. The zero-order chi connectivity index (χ0) is 17.5. The summed E-state index contributed by atoms with van der Waals surface area (Å²) in [6, 6.07) is 18.9. The molecule has 0 unspecified atom stereocenters. The largest absolute Gasteiger partial charge is 0.303 e. The molecule has 0 N–H and O–H groups in total. The fourth-order valence-corrected chi connectivity index (χ4v) is 3.46. The van der Waals surface area contributed by atoms with E-state index in [1.165, 1.54) is 17.5 Å². The molecule has 2 aromatic carbocycles. The van der Waals surface area contributed by atoms with Crippen molar-refractivity contribution in [1.29, 1.82) is 0 Å². The predicted octanol–water partition coefficient (Wildman–Crippen LogP) is 5.53. The van der Waals surface area contributed by atoms with E-state index in [1.54, 1.807) is 0 Å². The smallest absolute Gasteiger partial charge is 0.136 e. The minimum atomic E-state index is -1.01. The first-order chi connectivity index (χ1) is 12.2. The van der Waals surface area contributed by atoms with Gasteiger partial charge in [-0.1, -0.05) is 61.5 Å². The number of aryl methyl sites for hydroxylation is 1. The first-order valence-corrected chi connectivity index (χ1v) is 9.74. The lowest BCUT2D eigenvalue weighted by molar-refractivity contribution is 0.274. The number of alkyl halides is 1. The Bertz CT molecular complexity index is 631. The Labute approximate surface area is 151 Å². The Balaban J connectivity index is 1.43. The molecule has 0 atom stereocenters. The summed E-state index contributed by atoms with van der Waals surface area (Å²) in [5.74, 6) is 0. The molecule has 1 aliphatic rings. The maximum absolute atomic E-state index is 14.0. The molecule has 0 saturated heterocycles. The van der Waals surface area contributed by atoms with Crippen LogP contribution in [0.2, 0.25) is 0 Å². The fraction of sp³-hybridized carbons (Fsp3) is 0.478. The third kappa shape index (κ3) is 5.40. The van der Waals surface area contributed by atoms with E-state index in [1.807, 2.05) is 12.1 Å². The average Bonchev–Trinajstić information content (AvgIpc) is 3.40. The van der Waals surface area contributed by atoms with Gasteiger partial charge in [-0.15, -0.1) is 0 Å². The summed E-state index contributed by atoms with van der Waals surface area (Å²) in [4.78, 5) is 2.57. The highest BCUT2D eigenvalue weighted by molar-refractivity contribution is 5.30. The van der Waals surface area contributed by atoms with Gasteiger partial charge in [0.2, 0.25) is 0 Å². The van der Waals surface area contributed by atoms with Crippen LogP contribution in [0, 0.1) is 0 Å². The summed E-state index contributed by atoms with van der Waals surface area (Å²) < 4.78 is 14.0. The van der Waals surface area contributed by atoms with Crippen molar-refractivity contribution in [1.82, 2.24) is 4.90 Å². The van der Waals surface area contributed by atoms with Gasteiger partial charge in [-0.05, 0) is 68.3 Å². The molecular formula is C23H30FN. The van der Waals surface area contributed by atoms with Crippen molar-refractivity contribution in [2.75, 3.05) is 19.6 Å². The van der Waals surface area contributed by atoms with E-state index in [-0.39, 0.29) is 0 Å². The second-order valence-electron chi connectivity index (χ2n) is 7.34. The lowest BCUT2D eigenvalue weighted by Gasteiger charge is -2.21. The van der Waals surface area contributed by atoms with Crippen LogP contribution in [0.4, 0.5) is 4.39 Å². The molecule has 0 heterocycles. The molecule has 0 aliphatic heterocycles. The van der Waals surface area contributed by atoms with E-state index in [2.05, 4.69) is 54.3 Å². The molecule has 2 aromatic rings. The number of hydrogen-bond acceptors (Lipinski definition) is 1. The molecule has 1 nitrogen and oxygen atoms in total. The first kappa shape index (κ1) is 18.1. The monoisotopic (exact) mass is 339 g/mol. The van der Waals surface area contributed by atoms with Crippen LogP contribution in [-0.2, 0) is 18.5 Å². The Kier molecular flexibility index (Phi) is 6.25. The predicted molar refractivity (Wildman–Crippen MR) is 104 cm³/mol. The molecule has 0 bridgehead atoms. The number of benzene rings is 2. The highest BCUT2D eigenvalue weighted by Gasteiger charge is 2.44. The zero-order valence-electron chi connectivity index (χ0n) is 15.4. The van der Waals surface area contributed by atoms with Crippen molar-refractivity contribution in [3.05, 3.63) is 71.3 Å². The van der Waals surface area contributed by atoms with Crippen LogP contribution in [0.3, 0.4) is 0 Å². The summed E-state index contributed by atoms with van der Waals surface area (Å²) in [5.41, 5.74) is 2.60. The van der Waals surface area contributed by atoms with Gasteiger partial charge in [0.1, 0.15) is 5.67 Å². The highest BCUT2D eigenvalue weighted by atomic mass is 19.1. The zero-order valence-corrected chi connectivity index (χ0v) is 15.4. The minimum absolute atomic E-state index is 0.694. The van der Waals surface area contributed by atoms with Gasteiger partial charge >= 0.3 is 0 Å². The number of halogens is 1. The molecule has 134 valence electrons. The fourth-order valence-electron chi connectivity index (χ4n) is 3.46. The summed E-state index contributed by atoms with van der Waals surface area (Å²) in [6.45, 7) is 5.67. The van der Waals surface area contributed by atoms with Gasteiger partial charge in [-0.25, -0.2) is 4.39 Å². The Hall–Kier alpha value is -1.67. The maximum atomic E-state index is 14.0. The molecule has 2 heteroatoms. The third-order valence-electron chi connectivity index (χ3n) is 5.20. The van der Waals surface area contributed by atoms with E-state index >= 15 is 0 Å². The molecule has 1 fully saturated rings. The van der Waals surface area contributed by atoms with Crippen LogP contribution in [0.5, 0.6) is 0 Å². The minimum Gasteiger partial charge on any atom is -0.303 e. The summed E-state index contributed by atoms with van der Waals surface area (Å²) in [7, 11) is 0. The normalized spacial score (nSPS) is 15.5. The van der Waals surface area contributed by atoms with Crippen LogP contribution in [0.1, 0.15) is 49.3 Å². The molecule has 1 saturated carbocycles. The van der Waals surface area contributed by atoms with E-state index < -0.39 is 5.67 Å². The van der Waals surface area contributed by atoms with E-state index in [0.29, 0.717) is 12.8 Å². The highest BCUT2D eigenvalue weighted by Crippen LogP contribution is 2.49. The van der Waals surface area contributed by atoms with Crippen molar-refractivity contribution in [3.63, 3.8) is 0 Å². The summed E-state index contributed by atoms with van der Waals surface area (Å²) >= 11 is 0. The molecule has 0 aromatic heterocycles. The molecule has 3 rings (SSSR count). The molecular weight excluding hydrogens is 309 g/mol. The SMILES string of the molecule is CCCN(CCCc1ccc(C2(F)CC2)cc1)CCc1ccccc1. The van der Waals surface area contributed by atoms with Gasteiger partial charge in [0.25, 0.3) is 0 Å². The van der Waals surface area contributed by atoms with Crippen molar-refractivity contribution in [2.45, 2.75) is 51.1 Å². The molecule has 0 amide bonds. The van der Waals surface area contributed by atoms with Crippen molar-refractivity contribution >= 4 is 0 Å². The lowest BCUT2D eigenvalue weighted by atomic mass is 10.0. The second-order valence-corrected chi connectivity index (χ2v) is 7.34. The van der Waals surface area contributed by atoms with Gasteiger partial charge in [-0.3, -0.25) is 0 Å². The van der Waals surface area contributed by atoms with Gasteiger partial charge in [-0.2, -0.15) is 0 Å². The molecule has 0 radical (unpaired) electrons. The number of hydrogen-bond donors (Lipinski definition) is 0. The first-order valence-electron chi connectivity index (χ1n) is 9.74. The van der Waals surface area contributed by atoms with Crippen LogP contribution in [-0.4, -0.2) is 24.5 Å². The quantitative estimate of drug-likeness (QED) is 0.550. The standard InChI is InChI=1S/C23H30FN/c1-2-17-25(19-14-20-7-4-3-5-8-20)18-6-9-21-10-12-22(13-11-21)23(24)15-16-23/h3-5,7-8,10-13H,2,6,9,14-19H2,1H3. The van der Waals surface area contributed by atoms with Gasteiger partial charge < -0.3 is 4.90 Å². The lowest BCUT2D eigenvalue weighted by Crippen LogP contribution is -2.28. The van der Waals surface area contributed by atoms with Crippen molar-refractivity contribution in [3.8, 4) is 0 Å². The van der Waals surface area contributed by atoms with E-state index in [9.17, 15) is 4.39 Å². The van der Waals surface area contributed by atoms with Gasteiger partial charge in [0, 0.05) is 6.54 Å². The van der Waals surface area contributed by atoms with E-state index in [0.717, 1.165) is 44.5 Å². The summed E-state index contributed by atoms with van der Waals surface area (Å²) in [5, 5.41) is 0. The van der Waals surface area contributed by atoms with Crippen LogP contribution in [0.15, 0.2) is 54.6 Å². The maximum Gasteiger partial charge on any atom is 0.136 e. The van der Waals surface area contributed by atoms with Crippen LogP contribution < -0.4 is 0 Å².